The third kappa shape index (κ3) is 3.55. The Morgan fingerprint density at radius 3 is 2.69 bits per heavy atom. The molecule has 1 atom stereocenters. The van der Waals surface area contributed by atoms with Gasteiger partial charge in [-0.05, 0) is 25.2 Å². The van der Waals surface area contributed by atoms with E-state index in [4.69, 9.17) is 11.6 Å². The minimum Gasteiger partial charge on any atom is -0.352 e. The third-order valence-corrected chi connectivity index (χ3v) is 3.12. The maximum Gasteiger partial charge on any atom is 0.220 e. The predicted molar refractivity (Wildman–Crippen MR) is 54.9 cm³/mol. The van der Waals surface area contributed by atoms with E-state index < -0.39 is 0 Å². The van der Waals surface area contributed by atoms with Crippen molar-refractivity contribution < 1.29 is 4.79 Å². The molecule has 76 valence electrons. The Labute approximate surface area is 85.0 Å². The van der Waals surface area contributed by atoms with E-state index in [-0.39, 0.29) is 11.9 Å². The van der Waals surface area contributed by atoms with Gasteiger partial charge in [0, 0.05) is 18.3 Å². The van der Waals surface area contributed by atoms with Gasteiger partial charge in [-0.25, -0.2) is 0 Å². The molecule has 0 spiro atoms. The normalized spacial score (nSPS) is 19.2. The minimum absolute atomic E-state index is 0.161. The second-order valence-electron chi connectivity index (χ2n) is 3.83. The Hall–Kier alpha value is -0.240. The van der Waals surface area contributed by atoms with E-state index in [1.807, 2.05) is 6.92 Å². The van der Waals surface area contributed by atoms with E-state index in [1.165, 1.54) is 19.3 Å². The average molecular weight is 204 g/mol. The van der Waals surface area contributed by atoms with Crippen LogP contribution in [0.1, 0.15) is 39.0 Å². The third-order valence-electron chi connectivity index (χ3n) is 2.74. The van der Waals surface area contributed by atoms with Crippen LogP contribution in [0.3, 0.4) is 0 Å². The zero-order chi connectivity index (χ0) is 9.68. The van der Waals surface area contributed by atoms with Crippen molar-refractivity contribution in [1.29, 1.82) is 0 Å². The first-order chi connectivity index (χ1) is 6.26. The molecule has 0 aromatic carbocycles. The van der Waals surface area contributed by atoms with Crippen LogP contribution in [0.2, 0.25) is 0 Å². The summed E-state index contributed by atoms with van der Waals surface area (Å²) < 4.78 is 0. The molecule has 13 heavy (non-hydrogen) atoms. The first kappa shape index (κ1) is 10.8. The van der Waals surface area contributed by atoms with Crippen molar-refractivity contribution in [2.24, 2.45) is 5.92 Å². The molecule has 1 rings (SSSR count). The molecule has 0 aliphatic heterocycles. The quantitative estimate of drug-likeness (QED) is 0.683. The fourth-order valence-electron chi connectivity index (χ4n) is 1.50. The Morgan fingerprint density at radius 2 is 2.31 bits per heavy atom. The molecule has 0 bridgehead atoms. The van der Waals surface area contributed by atoms with Crippen molar-refractivity contribution in [2.75, 3.05) is 5.88 Å². The van der Waals surface area contributed by atoms with Gasteiger partial charge in [0.2, 0.25) is 5.91 Å². The summed E-state index contributed by atoms with van der Waals surface area (Å²) in [5, 5.41) is 2.94. The molecule has 1 aliphatic carbocycles. The number of nitrogens with one attached hydrogen (secondary N) is 1. The van der Waals surface area contributed by atoms with Gasteiger partial charge < -0.3 is 5.32 Å². The number of rotatable bonds is 5. The first-order valence-corrected chi connectivity index (χ1v) is 5.65. The molecule has 2 nitrogen and oxygen atoms in total. The molecule has 1 saturated carbocycles. The van der Waals surface area contributed by atoms with Gasteiger partial charge in [0.1, 0.15) is 0 Å². The van der Waals surface area contributed by atoms with Crippen molar-refractivity contribution in [3.05, 3.63) is 0 Å². The van der Waals surface area contributed by atoms with Gasteiger partial charge in [-0.3, -0.25) is 4.79 Å². The summed E-state index contributed by atoms with van der Waals surface area (Å²) in [6.45, 7) is 2.04. The zero-order valence-electron chi connectivity index (χ0n) is 8.18. The van der Waals surface area contributed by atoms with Gasteiger partial charge in [-0.2, -0.15) is 0 Å². The van der Waals surface area contributed by atoms with Crippen molar-refractivity contribution in [1.82, 2.24) is 5.32 Å². The molecule has 0 aromatic heterocycles. The Bertz CT molecular complexity index is 164. The molecule has 0 saturated heterocycles. The largest absolute Gasteiger partial charge is 0.352 e. The fraction of sp³-hybridized carbons (Fsp3) is 0.900. The summed E-state index contributed by atoms with van der Waals surface area (Å²) in [7, 11) is 0. The Kier molecular flexibility index (Phi) is 4.57. The lowest BCUT2D eigenvalue weighted by molar-refractivity contribution is -0.123. The smallest absolute Gasteiger partial charge is 0.220 e. The maximum atomic E-state index is 11.4. The van der Waals surface area contributed by atoms with Gasteiger partial charge in [-0.15, -0.1) is 11.6 Å². The number of amides is 1. The summed E-state index contributed by atoms with van der Waals surface area (Å²) in [6, 6.07) is 0.161. The number of hydrogen-bond acceptors (Lipinski definition) is 1. The second-order valence-corrected chi connectivity index (χ2v) is 4.14. The van der Waals surface area contributed by atoms with Gasteiger partial charge >= 0.3 is 0 Å². The maximum absolute atomic E-state index is 11.4. The molecular weight excluding hydrogens is 186 g/mol. The average Bonchev–Trinajstić information content (AvgIpc) is 2.07. The van der Waals surface area contributed by atoms with E-state index in [1.54, 1.807) is 0 Å². The van der Waals surface area contributed by atoms with Crippen LogP contribution in [-0.4, -0.2) is 17.8 Å². The summed E-state index contributed by atoms with van der Waals surface area (Å²) in [5.41, 5.74) is 0. The van der Waals surface area contributed by atoms with Crippen LogP contribution in [0, 0.1) is 5.92 Å². The van der Waals surface area contributed by atoms with Crippen LogP contribution in [0.4, 0.5) is 0 Å². The monoisotopic (exact) mass is 203 g/mol. The first-order valence-electron chi connectivity index (χ1n) is 5.11. The summed E-state index contributed by atoms with van der Waals surface area (Å²) >= 11 is 5.68. The Morgan fingerprint density at radius 1 is 1.62 bits per heavy atom. The molecule has 0 heterocycles. The highest BCUT2D eigenvalue weighted by atomic mass is 35.5. The van der Waals surface area contributed by atoms with Crippen molar-refractivity contribution in [3.8, 4) is 0 Å². The van der Waals surface area contributed by atoms with Crippen LogP contribution < -0.4 is 5.32 Å². The number of alkyl halides is 1. The highest BCUT2D eigenvalue weighted by Crippen LogP contribution is 2.29. The number of carbonyl (C=O) groups is 1. The van der Waals surface area contributed by atoms with Crippen LogP contribution in [0.5, 0.6) is 0 Å². The predicted octanol–water partition coefficient (Wildman–Crippen LogP) is 2.31. The molecule has 1 N–H and O–H groups in total. The Balaban J connectivity index is 2.14. The van der Waals surface area contributed by atoms with Crippen LogP contribution in [-0.2, 0) is 4.79 Å². The van der Waals surface area contributed by atoms with Gasteiger partial charge in [0.05, 0.1) is 0 Å². The lowest BCUT2D eigenvalue weighted by atomic mass is 9.83. The van der Waals surface area contributed by atoms with Gasteiger partial charge in [0.25, 0.3) is 0 Å². The molecule has 0 aromatic rings. The number of carbonyl (C=O) groups excluding carboxylic acids is 1. The highest BCUT2D eigenvalue weighted by Gasteiger charge is 2.21. The topological polar surface area (TPSA) is 29.1 Å². The van der Waals surface area contributed by atoms with Crippen LogP contribution in [0.15, 0.2) is 0 Å². The van der Waals surface area contributed by atoms with Crippen LogP contribution >= 0.6 is 11.6 Å². The second kappa shape index (κ2) is 5.48. The van der Waals surface area contributed by atoms with E-state index >= 15 is 0 Å². The lowest BCUT2D eigenvalue weighted by Crippen LogP contribution is -2.37. The van der Waals surface area contributed by atoms with E-state index in [0.29, 0.717) is 18.2 Å². The summed E-state index contributed by atoms with van der Waals surface area (Å²) in [5.74, 6) is 1.34. The van der Waals surface area contributed by atoms with Crippen molar-refractivity contribution in [2.45, 2.75) is 45.1 Å². The molecule has 1 aliphatic rings. The number of halogens is 1. The van der Waals surface area contributed by atoms with E-state index in [0.717, 1.165) is 6.42 Å². The highest BCUT2D eigenvalue weighted by molar-refractivity contribution is 6.18. The van der Waals surface area contributed by atoms with Gasteiger partial charge in [0.15, 0.2) is 0 Å². The fourth-order valence-corrected chi connectivity index (χ4v) is 1.79. The van der Waals surface area contributed by atoms with E-state index in [2.05, 4.69) is 5.32 Å². The summed E-state index contributed by atoms with van der Waals surface area (Å²) in [6.07, 6.45) is 5.37. The minimum atomic E-state index is 0.161. The van der Waals surface area contributed by atoms with Crippen molar-refractivity contribution in [3.63, 3.8) is 0 Å². The molecule has 0 radical (unpaired) electrons. The zero-order valence-corrected chi connectivity index (χ0v) is 8.94. The molecular formula is C10H18ClNO. The van der Waals surface area contributed by atoms with E-state index in [9.17, 15) is 4.79 Å². The lowest BCUT2D eigenvalue weighted by Gasteiger charge is -2.25. The number of hydrogen-bond donors (Lipinski definition) is 1. The SMILES string of the molecule is CCC(CCl)NC(=O)CC1CCC1. The summed E-state index contributed by atoms with van der Waals surface area (Å²) in [4.78, 5) is 11.4. The van der Waals surface area contributed by atoms with Crippen molar-refractivity contribution >= 4 is 17.5 Å². The molecule has 1 amide bonds. The van der Waals surface area contributed by atoms with Gasteiger partial charge in [-0.1, -0.05) is 13.3 Å². The van der Waals surface area contributed by atoms with Crippen LogP contribution in [0.25, 0.3) is 0 Å². The standard InChI is InChI=1S/C10H18ClNO/c1-2-9(7-11)12-10(13)6-8-4-3-5-8/h8-9H,2-7H2,1H3,(H,12,13). The molecule has 1 fully saturated rings. The molecule has 1 unspecified atom stereocenters. The molecule has 3 heteroatoms.